The Labute approximate surface area is 111 Å². The second kappa shape index (κ2) is 6.34. The van der Waals surface area contributed by atoms with E-state index in [1.807, 2.05) is 44.2 Å². The number of hydrogen-bond acceptors (Lipinski definition) is 3. The summed E-state index contributed by atoms with van der Waals surface area (Å²) in [5, 5.41) is 2.69. The number of nitrogens with one attached hydrogen (secondary N) is 1. The quantitative estimate of drug-likeness (QED) is 0.862. The Morgan fingerprint density at radius 2 is 1.67 bits per heavy atom. The predicted octanol–water partition coefficient (Wildman–Crippen LogP) is 2.41. The molecule has 0 fully saturated rings. The molecule has 0 aliphatic heterocycles. The van der Waals surface area contributed by atoms with Gasteiger partial charge in [-0.05, 0) is 25.5 Å². The summed E-state index contributed by atoms with van der Waals surface area (Å²) >= 11 is 0. The van der Waals surface area contributed by atoms with Crippen LogP contribution in [0.1, 0.15) is 32.4 Å². The van der Waals surface area contributed by atoms with Crippen LogP contribution < -0.4 is 5.32 Å². The van der Waals surface area contributed by atoms with Gasteiger partial charge >= 0.3 is 0 Å². The van der Waals surface area contributed by atoms with Crippen LogP contribution in [-0.2, 0) is 9.84 Å². The molecule has 0 spiro atoms. The summed E-state index contributed by atoms with van der Waals surface area (Å²) in [6.07, 6.45) is 0. The van der Waals surface area contributed by atoms with Gasteiger partial charge in [-0.25, -0.2) is 8.42 Å². The first kappa shape index (κ1) is 15.2. The fourth-order valence-corrected chi connectivity index (χ4v) is 4.10. The fraction of sp³-hybridized carbons (Fsp3) is 0.571. The average Bonchev–Trinajstić information content (AvgIpc) is 2.29. The standard InChI is InChI=1S/C14H23NO2S/c1-11(2)10-18(16,17)12(3)14(15-4)13-8-6-5-7-9-13/h5-9,11-12,14-15H,10H2,1-4H3. The lowest BCUT2D eigenvalue weighted by Gasteiger charge is -2.24. The van der Waals surface area contributed by atoms with Crippen molar-refractivity contribution in [3.63, 3.8) is 0 Å². The lowest BCUT2D eigenvalue weighted by atomic mass is 10.0. The smallest absolute Gasteiger partial charge is 0.155 e. The van der Waals surface area contributed by atoms with Crippen LogP contribution in [0.2, 0.25) is 0 Å². The Hall–Kier alpha value is -0.870. The van der Waals surface area contributed by atoms with Crippen LogP contribution in [0.4, 0.5) is 0 Å². The number of sulfone groups is 1. The monoisotopic (exact) mass is 269 g/mol. The molecule has 2 unspecified atom stereocenters. The summed E-state index contributed by atoms with van der Waals surface area (Å²) in [6.45, 7) is 5.65. The molecule has 0 radical (unpaired) electrons. The molecule has 0 bridgehead atoms. The van der Waals surface area contributed by atoms with E-state index in [9.17, 15) is 8.42 Å². The number of rotatable bonds is 6. The summed E-state index contributed by atoms with van der Waals surface area (Å²) in [6, 6.07) is 9.56. The largest absolute Gasteiger partial charge is 0.312 e. The van der Waals surface area contributed by atoms with Crippen molar-refractivity contribution in [3.8, 4) is 0 Å². The maximum Gasteiger partial charge on any atom is 0.155 e. The SMILES string of the molecule is CNC(c1ccccc1)C(C)S(=O)(=O)CC(C)C. The van der Waals surface area contributed by atoms with Crippen LogP contribution in [0.15, 0.2) is 30.3 Å². The topological polar surface area (TPSA) is 46.2 Å². The highest BCUT2D eigenvalue weighted by Gasteiger charge is 2.29. The first-order valence-electron chi connectivity index (χ1n) is 6.32. The van der Waals surface area contributed by atoms with Crippen LogP contribution in [0, 0.1) is 5.92 Å². The molecule has 1 N–H and O–H groups in total. The van der Waals surface area contributed by atoms with Gasteiger partial charge in [0.1, 0.15) is 0 Å². The second-order valence-corrected chi connectivity index (χ2v) is 7.51. The zero-order chi connectivity index (χ0) is 13.8. The highest BCUT2D eigenvalue weighted by molar-refractivity contribution is 7.92. The van der Waals surface area contributed by atoms with Gasteiger partial charge in [-0.3, -0.25) is 0 Å². The molecule has 0 aromatic heterocycles. The Kier molecular flexibility index (Phi) is 5.35. The van der Waals surface area contributed by atoms with Gasteiger partial charge in [0.15, 0.2) is 9.84 Å². The maximum atomic E-state index is 12.3. The fourth-order valence-electron chi connectivity index (χ4n) is 2.16. The molecule has 0 amide bonds. The number of benzene rings is 1. The summed E-state index contributed by atoms with van der Waals surface area (Å²) in [4.78, 5) is 0. The van der Waals surface area contributed by atoms with Gasteiger partial charge in [-0.15, -0.1) is 0 Å². The van der Waals surface area contributed by atoms with Crippen LogP contribution in [-0.4, -0.2) is 26.5 Å². The molecule has 1 aromatic rings. The van der Waals surface area contributed by atoms with E-state index < -0.39 is 15.1 Å². The van der Waals surface area contributed by atoms with Crippen LogP contribution in [0.3, 0.4) is 0 Å². The Morgan fingerprint density at radius 3 is 2.11 bits per heavy atom. The van der Waals surface area contributed by atoms with Crippen molar-refractivity contribution < 1.29 is 8.42 Å². The molecule has 18 heavy (non-hydrogen) atoms. The third kappa shape index (κ3) is 3.82. The molecule has 2 atom stereocenters. The summed E-state index contributed by atoms with van der Waals surface area (Å²) < 4.78 is 24.5. The minimum absolute atomic E-state index is 0.157. The zero-order valence-electron chi connectivity index (χ0n) is 11.6. The van der Waals surface area contributed by atoms with Crippen LogP contribution in [0.5, 0.6) is 0 Å². The van der Waals surface area contributed by atoms with E-state index in [4.69, 9.17) is 0 Å². The van der Waals surface area contributed by atoms with Gasteiger partial charge < -0.3 is 5.32 Å². The van der Waals surface area contributed by atoms with Gasteiger partial charge in [0.05, 0.1) is 11.0 Å². The lowest BCUT2D eigenvalue weighted by molar-refractivity contribution is 0.523. The predicted molar refractivity (Wildman–Crippen MR) is 76.3 cm³/mol. The van der Waals surface area contributed by atoms with E-state index in [-0.39, 0.29) is 17.7 Å². The van der Waals surface area contributed by atoms with E-state index in [1.165, 1.54) is 0 Å². The van der Waals surface area contributed by atoms with Gasteiger partial charge in [0, 0.05) is 6.04 Å². The molecule has 4 heteroatoms. The molecule has 0 saturated heterocycles. The van der Waals surface area contributed by atoms with E-state index in [2.05, 4.69) is 5.32 Å². The highest BCUT2D eigenvalue weighted by atomic mass is 32.2. The van der Waals surface area contributed by atoms with Crippen molar-refractivity contribution in [1.29, 1.82) is 0 Å². The number of hydrogen-bond donors (Lipinski definition) is 1. The molecule has 102 valence electrons. The van der Waals surface area contributed by atoms with Crippen molar-refractivity contribution in [2.75, 3.05) is 12.8 Å². The normalized spacial score (nSPS) is 15.6. The van der Waals surface area contributed by atoms with Gasteiger partial charge in [-0.1, -0.05) is 44.2 Å². The van der Waals surface area contributed by atoms with E-state index in [0.717, 1.165) is 5.56 Å². The van der Waals surface area contributed by atoms with Gasteiger partial charge in [0.25, 0.3) is 0 Å². The molecular formula is C14H23NO2S. The van der Waals surface area contributed by atoms with E-state index in [0.29, 0.717) is 0 Å². The van der Waals surface area contributed by atoms with Crippen molar-refractivity contribution in [1.82, 2.24) is 5.32 Å². The molecule has 3 nitrogen and oxygen atoms in total. The van der Waals surface area contributed by atoms with Crippen molar-refractivity contribution in [2.24, 2.45) is 5.92 Å². The van der Waals surface area contributed by atoms with Gasteiger partial charge in [0.2, 0.25) is 0 Å². The highest BCUT2D eigenvalue weighted by Crippen LogP contribution is 2.23. The van der Waals surface area contributed by atoms with Crippen molar-refractivity contribution in [3.05, 3.63) is 35.9 Å². The summed E-state index contributed by atoms with van der Waals surface area (Å²) in [5.74, 6) is 0.393. The van der Waals surface area contributed by atoms with Crippen molar-refractivity contribution in [2.45, 2.75) is 32.1 Å². The Morgan fingerprint density at radius 1 is 1.11 bits per heavy atom. The molecule has 0 aliphatic carbocycles. The van der Waals surface area contributed by atoms with Crippen molar-refractivity contribution >= 4 is 9.84 Å². The molecule has 0 saturated carbocycles. The third-order valence-electron chi connectivity index (χ3n) is 3.07. The first-order valence-corrected chi connectivity index (χ1v) is 8.03. The molecular weight excluding hydrogens is 246 g/mol. The van der Waals surface area contributed by atoms with E-state index in [1.54, 1.807) is 14.0 Å². The Balaban J connectivity index is 2.96. The second-order valence-electron chi connectivity index (χ2n) is 5.11. The molecule has 0 heterocycles. The lowest BCUT2D eigenvalue weighted by Crippen LogP contribution is -2.35. The van der Waals surface area contributed by atoms with E-state index >= 15 is 0 Å². The van der Waals surface area contributed by atoms with Crippen LogP contribution in [0.25, 0.3) is 0 Å². The zero-order valence-corrected chi connectivity index (χ0v) is 12.4. The van der Waals surface area contributed by atoms with Crippen LogP contribution >= 0.6 is 0 Å². The minimum Gasteiger partial charge on any atom is -0.312 e. The maximum absolute atomic E-state index is 12.3. The third-order valence-corrected chi connectivity index (χ3v) is 5.61. The summed E-state index contributed by atoms with van der Waals surface area (Å²) in [7, 11) is -1.28. The molecule has 1 aromatic carbocycles. The Bertz CT molecular complexity index is 454. The molecule has 1 rings (SSSR count). The first-order chi connectivity index (χ1) is 8.38. The summed E-state index contributed by atoms with van der Waals surface area (Å²) in [5.41, 5.74) is 1.01. The average molecular weight is 269 g/mol. The minimum atomic E-state index is -3.08. The molecule has 0 aliphatic rings. The van der Waals surface area contributed by atoms with Gasteiger partial charge in [-0.2, -0.15) is 0 Å².